The van der Waals surface area contributed by atoms with Gasteiger partial charge in [-0.2, -0.15) is 0 Å². The molecular formula is C21H19N5O4. The van der Waals surface area contributed by atoms with Crippen LogP contribution in [0.5, 0.6) is 0 Å². The van der Waals surface area contributed by atoms with Crippen LogP contribution >= 0.6 is 0 Å². The van der Waals surface area contributed by atoms with Crippen molar-refractivity contribution in [1.29, 1.82) is 0 Å². The lowest BCUT2D eigenvalue weighted by Crippen LogP contribution is -2.19. The molecule has 2 amide bonds. The molecule has 0 unspecified atom stereocenters. The molecule has 1 heterocycles. The Hall–Kier alpha value is -4.27. The molecule has 0 fully saturated rings. The number of nitro groups is 1. The van der Waals surface area contributed by atoms with Crippen molar-refractivity contribution in [3.8, 4) is 0 Å². The van der Waals surface area contributed by atoms with Gasteiger partial charge < -0.3 is 15.5 Å². The molecule has 3 rings (SSSR count). The summed E-state index contributed by atoms with van der Waals surface area (Å²) in [5.41, 5.74) is 1.90. The summed E-state index contributed by atoms with van der Waals surface area (Å²) in [7, 11) is 3.49. The molecule has 30 heavy (non-hydrogen) atoms. The van der Waals surface area contributed by atoms with E-state index in [1.54, 1.807) is 55.4 Å². The van der Waals surface area contributed by atoms with Gasteiger partial charge in [0.05, 0.1) is 10.5 Å². The first-order valence-corrected chi connectivity index (χ1v) is 8.93. The second-order valence-corrected chi connectivity index (χ2v) is 6.58. The number of anilines is 3. The van der Waals surface area contributed by atoms with Crippen LogP contribution in [0.1, 0.15) is 20.7 Å². The molecule has 3 aromatic rings. The van der Waals surface area contributed by atoms with Gasteiger partial charge in [-0.05, 0) is 36.4 Å². The van der Waals surface area contributed by atoms with Crippen LogP contribution in [0.4, 0.5) is 22.7 Å². The highest BCUT2D eigenvalue weighted by Crippen LogP contribution is 2.26. The van der Waals surface area contributed by atoms with Crippen LogP contribution < -0.4 is 15.5 Å². The number of aromatic nitrogens is 1. The van der Waals surface area contributed by atoms with E-state index in [-0.39, 0.29) is 17.2 Å². The Bertz CT molecular complexity index is 1100. The van der Waals surface area contributed by atoms with Crippen LogP contribution in [0.3, 0.4) is 0 Å². The van der Waals surface area contributed by atoms with Crippen molar-refractivity contribution in [2.75, 3.05) is 29.6 Å². The predicted octanol–water partition coefficient (Wildman–Crippen LogP) is 3.56. The summed E-state index contributed by atoms with van der Waals surface area (Å²) in [6.45, 7) is 0. The molecule has 9 heteroatoms. The lowest BCUT2D eigenvalue weighted by Gasteiger charge is -2.17. The second kappa shape index (κ2) is 8.82. The van der Waals surface area contributed by atoms with Crippen LogP contribution in [0.2, 0.25) is 0 Å². The average molecular weight is 405 g/mol. The smallest absolute Gasteiger partial charge is 0.270 e. The third-order valence-electron chi connectivity index (χ3n) is 4.24. The minimum Gasteiger partial charge on any atom is -0.377 e. The molecule has 9 nitrogen and oxygen atoms in total. The number of nitrogens with one attached hydrogen (secondary N) is 2. The van der Waals surface area contributed by atoms with Gasteiger partial charge in [-0.3, -0.25) is 24.7 Å². The Balaban J connectivity index is 1.81. The summed E-state index contributed by atoms with van der Waals surface area (Å²) < 4.78 is 0. The van der Waals surface area contributed by atoms with Crippen LogP contribution in [0, 0.1) is 10.1 Å². The molecule has 0 aliphatic rings. The second-order valence-electron chi connectivity index (χ2n) is 6.58. The van der Waals surface area contributed by atoms with Crippen molar-refractivity contribution in [3.05, 3.63) is 88.2 Å². The summed E-state index contributed by atoms with van der Waals surface area (Å²) in [6, 6.07) is 13.9. The van der Waals surface area contributed by atoms with Crippen molar-refractivity contribution in [1.82, 2.24) is 4.98 Å². The van der Waals surface area contributed by atoms with E-state index >= 15 is 0 Å². The zero-order chi connectivity index (χ0) is 21.7. The molecule has 0 aliphatic heterocycles. The lowest BCUT2D eigenvalue weighted by atomic mass is 10.1. The number of hydrogen-bond acceptors (Lipinski definition) is 6. The highest BCUT2D eigenvalue weighted by molar-refractivity contribution is 6.09. The van der Waals surface area contributed by atoms with E-state index in [2.05, 4.69) is 15.6 Å². The number of amides is 2. The molecule has 2 N–H and O–H groups in total. The molecule has 152 valence electrons. The average Bonchev–Trinajstić information content (AvgIpc) is 2.74. The highest BCUT2D eigenvalue weighted by Gasteiger charge is 2.18. The first-order valence-electron chi connectivity index (χ1n) is 8.93. The molecule has 0 saturated carbocycles. The first-order chi connectivity index (χ1) is 14.3. The number of non-ortho nitro benzene ring substituents is 1. The van der Waals surface area contributed by atoms with Gasteiger partial charge in [-0.1, -0.05) is 6.07 Å². The Labute approximate surface area is 172 Å². The maximum atomic E-state index is 12.8. The number of rotatable bonds is 6. The Morgan fingerprint density at radius 2 is 1.57 bits per heavy atom. The molecule has 0 atom stereocenters. The Morgan fingerprint density at radius 1 is 0.933 bits per heavy atom. The van der Waals surface area contributed by atoms with Gasteiger partial charge in [0, 0.05) is 61.2 Å². The molecule has 0 radical (unpaired) electrons. The lowest BCUT2D eigenvalue weighted by molar-refractivity contribution is -0.384. The number of benzene rings is 2. The van der Waals surface area contributed by atoms with Crippen LogP contribution in [-0.4, -0.2) is 35.8 Å². The number of nitrogens with zero attached hydrogens (tertiary/aromatic N) is 3. The number of carbonyl (C=O) groups excluding carboxylic acids is 2. The van der Waals surface area contributed by atoms with Crippen molar-refractivity contribution in [3.63, 3.8) is 0 Å². The Morgan fingerprint density at radius 3 is 2.17 bits per heavy atom. The third-order valence-corrected chi connectivity index (χ3v) is 4.24. The maximum Gasteiger partial charge on any atom is 0.270 e. The molecule has 0 spiro atoms. The third kappa shape index (κ3) is 4.76. The fourth-order valence-electron chi connectivity index (χ4n) is 2.79. The minimum atomic E-state index is -0.550. The summed E-state index contributed by atoms with van der Waals surface area (Å²) in [4.78, 5) is 41.2. The summed E-state index contributed by atoms with van der Waals surface area (Å²) in [6.07, 6.45) is 3.04. The molecule has 0 aliphatic carbocycles. The van der Waals surface area contributed by atoms with E-state index in [0.717, 1.165) is 0 Å². The minimum absolute atomic E-state index is 0.167. The number of pyridine rings is 1. The largest absolute Gasteiger partial charge is 0.377 e. The summed E-state index contributed by atoms with van der Waals surface area (Å²) in [5, 5.41) is 16.6. The van der Waals surface area contributed by atoms with Gasteiger partial charge in [0.2, 0.25) is 0 Å². The number of carbonyl (C=O) groups is 2. The van der Waals surface area contributed by atoms with Gasteiger partial charge in [0.15, 0.2) is 0 Å². The molecule has 0 saturated heterocycles. The topological polar surface area (TPSA) is 117 Å². The zero-order valence-corrected chi connectivity index (χ0v) is 16.3. The van der Waals surface area contributed by atoms with Gasteiger partial charge in [0.1, 0.15) is 0 Å². The maximum absolute atomic E-state index is 12.8. The highest BCUT2D eigenvalue weighted by atomic mass is 16.6. The van der Waals surface area contributed by atoms with Crippen molar-refractivity contribution in [2.24, 2.45) is 0 Å². The van der Waals surface area contributed by atoms with Gasteiger partial charge in [0.25, 0.3) is 17.5 Å². The van der Waals surface area contributed by atoms with E-state index in [4.69, 9.17) is 0 Å². The molecule has 1 aromatic heterocycles. The van der Waals surface area contributed by atoms with Gasteiger partial charge >= 0.3 is 0 Å². The SMILES string of the molecule is CN(C)c1ccc([N+](=O)[O-])cc1C(=O)Nc1cccc(NC(=O)c2ccncc2)c1. The quantitative estimate of drug-likeness (QED) is 0.478. The van der Waals surface area contributed by atoms with E-state index in [0.29, 0.717) is 22.6 Å². The van der Waals surface area contributed by atoms with Crippen LogP contribution in [0.15, 0.2) is 67.0 Å². The van der Waals surface area contributed by atoms with Crippen molar-refractivity contribution in [2.45, 2.75) is 0 Å². The van der Waals surface area contributed by atoms with Gasteiger partial charge in [-0.15, -0.1) is 0 Å². The summed E-state index contributed by atoms with van der Waals surface area (Å²) >= 11 is 0. The normalized spacial score (nSPS) is 10.2. The van der Waals surface area contributed by atoms with Gasteiger partial charge in [-0.25, -0.2) is 0 Å². The standard InChI is InChI=1S/C21H19N5O4/c1-25(2)19-7-6-17(26(29)30)13-18(19)21(28)24-16-5-3-4-15(12-16)23-20(27)14-8-10-22-11-9-14/h3-13H,1-2H3,(H,23,27)(H,24,28). The molecule has 0 bridgehead atoms. The van der Waals surface area contributed by atoms with Crippen LogP contribution in [0.25, 0.3) is 0 Å². The van der Waals surface area contributed by atoms with E-state index < -0.39 is 10.8 Å². The van der Waals surface area contributed by atoms with E-state index in [1.807, 2.05) is 0 Å². The fourth-order valence-corrected chi connectivity index (χ4v) is 2.79. The van der Waals surface area contributed by atoms with Crippen molar-refractivity contribution >= 4 is 34.6 Å². The summed E-state index contributed by atoms with van der Waals surface area (Å²) in [5.74, 6) is -0.811. The molecule has 2 aromatic carbocycles. The monoisotopic (exact) mass is 405 g/mol. The van der Waals surface area contributed by atoms with E-state index in [9.17, 15) is 19.7 Å². The molecular weight excluding hydrogens is 386 g/mol. The van der Waals surface area contributed by atoms with Crippen LogP contribution in [-0.2, 0) is 0 Å². The van der Waals surface area contributed by atoms with E-state index in [1.165, 1.54) is 30.6 Å². The predicted molar refractivity (Wildman–Crippen MR) is 114 cm³/mol. The Kier molecular flexibility index (Phi) is 6.02. The van der Waals surface area contributed by atoms with Crippen molar-refractivity contribution < 1.29 is 14.5 Å². The fraction of sp³-hybridized carbons (Fsp3) is 0.0952. The first kappa shape index (κ1) is 20.5. The number of nitro benzene ring substituents is 1. The zero-order valence-electron chi connectivity index (χ0n) is 16.3. The number of hydrogen-bond donors (Lipinski definition) is 2.